The van der Waals surface area contributed by atoms with Crippen molar-refractivity contribution in [2.24, 2.45) is 0 Å². The molecule has 0 aromatic rings. The van der Waals surface area contributed by atoms with E-state index in [2.05, 4.69) is 31.1 Å². The lowest BCUT2D eigenvalue weighted by Gasteiger charge is -2.02. The summed E-state index contributed by atoms with van der Waals surface area (Å²) in [7, 11) is 4.57. The van der Waals surface area contributed by atoms with Gasteiger partial charge in [0, 0.05) is 6.42 Å². The van der Waals surface area contributed by atoms with Crippen molar-refractivity contribution in [2.45, 2.75) is 37.0 Å². The first-order valence-electron chi connectivity index (χ1n) is 4.12. The maximum Gasteiger partial charge on any atom is 0.501 e. The Morgan fingerprint density at radius 3 is 2.45 bits per heavy atom. The number of hydrogen-bond donors (Lipinski definition) is 0. The summed E-state index contributed by atoms with van der Waals surface area (Å²) < 4.78 is 1.24. The van der Waals surface area contributed by atoms with Crippen LogP contribution in [0.5, 0.6) is 0 Å². The normalized spacial score (nSPS) is 9.82. The van der Waals surface area contributed by atoms with Gasteiger partial charge in [0.1, 0.15) is 8.07 Å². The Morgan fingerprint density at radius 1 is 1.36 bits per heavy atom. The third-order valence-corrected chi connectivity index (χ3v) is 3.64. The highest BCUT2D eigenvalue weighted by atomic mass is 35.5. The summed E-state index contributed by atoms with van der Waals surface area (Å²) in [5.41, 5.74) is 3.34. The first kappa shape index (κ1) is 11.8. The van der Waals surface area contributed by atoms with Crippen molar-refractivity contribution in [3.05, 3.63) is 0 Å². The van der Waals surface area contributed by atoms with E-state index in [1.807, 2.05) is 0 Å². The molecular weight excluding hydrogens is 184 g/mol. The molecule has 11 heavy (non-hydrogen) atoms. The predicted molar refractivity (Wildman–Crippen MR) is 56.8 cm³/mol. The van der Waals surface area contributed by atoms with Gasteiger partial charge in [0.05, 0.1) is 0 Å². The van der Waals surface area contributed by atoms with Gasteiger partial charge in [-0.2, -0.15) is 0 Å². The number of unbranched alkanes of at least 4 members (excludes halogenated alkanes) is 1. The molecule has 0 atom stereocenters. The quantitative estimate of drug-likeness (QED) is 0.372. The minimum Gasteiger partial charge on any atom is -0.346 e. The first-order valence-corrected chi connectivity index (χ1v) is 10.8. The molecule has 0 saturated heterocycles. The Hall–Kier alpha value is 0.833. The largest absolute Gasteiger partial charge is 0.501 e. The lowest BCUT2D eigenvalue weighted by atomic mass is 10.4. The van der Waals surface area contributed by atoms with Gasteiger partial charge in [-0.25, -0.2) is 0 Å². The van der Waals surface area contributed by atoms with Crippen molar-refractivity contribution >= 4 is 36.4 Å². The molecule has 0 saturated carbocycles. The van der Waals surface area contributed by atoms with Gasteiger partial charge < -0.3 is 9.07 Å². The molecular formula is C8H15ClMgSi. The zero-order valence-corrected chi connectivity index (χ0v) is 10.9. The molecule has 0 spiro atoms. The van der Waals surface area contributed by atoms with Crippen LogP contribution in [0.4, 0.5) is 0 Å². The second-order valence-corrected chi connectivity index (χ2v) is 10.7. The van der Waals surface area contributed by atoms with Gasteiger partial charge in [0.15, 0.2) is 0 Å². The molecule has 0 heterocycles. The molecule has 0 N–H and O–H groups in total. The average Bonchev–Trinajstić information content (AvgIpc) is 1.85. The monoisotopic (exact) mass is 198 g/mol. The average molecular weight is 199 g/mol. The van der Waals surface area contributed by atoms with Gasteiger partial charge in [-0.1, -0.05) is 26.1 Å². The van der Waals surface area contributed by atoms with Crippen LogP contribution in [0.3, 0.4) is 0 Å². The molecule has 60 valence electrons. The van der Waals surface area contributed by atoms with Gasteiger partial charge in [-0.3, -0.25) is 0 Å². The van der Waals surface area contributed by atoms with Crippen LogP contribution < -0.4 is 0 Å². The van der Waals surface area contributed by atoms with Crippen LogP contribution >= 0.6 is 9.07 Å². The van der Waals surface area contributed by atoms with E-state index in [1.165, 1.54) is 11.0 Å². The topological polar surface area (TPSA) is 0 Å². The van der Waals surface area contributed by atoms with E-state index >= 15 is 0 Å². The molecule has 0 aromatic heterocycles. The molecule has 0 rings (SSSR count). The molecule has 0 bridgehead atoms. The van der Waals surface area contributed by atoms with E-state index in [0.29, 0.717) is 0 Å². The molecule has 0 nitrogen and oxygen atoms in total. The van der Waals surface area contributed by atoms with Crippen molar-refractivity contribution in [3.63, 3.8) is 0 Å². The van der Waals surface area contributed by atoms with Crippen LogP contribution in [-0.2, 0) is 0 Å². The molecule has 0 aliphatic rings. The van der Waals surface area contributed by atoms with Gasteiger partial charge in [0.2, 0.25) is 0 Å². The SMILES string of the molecule is C[Si](C)(C)C#CCC[CH2][Mg][Cl]. The molecule has 0 unspecified atom stereocenters. The van der Waals surface area contributed by atoms with Crippen LogP contribution in [0, 0.1) is 11.5 Å². The van der Waals surface area contributed by atoms with E-state index in [9.17, 15) is 0 Å². The third kappa shape index (κ3) is 10.8. The zero-order valence-electron chi connectivity index (χ0n) is 7.71. The van der Waals surface area contributed by atoms with Crippen LogP contribution in [0.25, 0.3) is 0 Å². The van der Waals surface area contributed by atoms with Crippen LogP contribution in [-0.4, -0.2) is 27.3 Å². The number of hydrogen-bond acceptors (Lipinski definition) is 0. The van der Waals surface area contributed by atoms with E-state index in [4.69, 9.17) is 9.07 Å². The van der Waals surface area contributed by atoms with Gasteiger partial charge >= 0.3 is 19.3 Å². The van der Waals surface area contributed by atoms with E-state index in [1.54, 1.807) is 0 Å². The fourth-order valence-electron chi connectivity index (χ4n) is 0.636. The summed E-state index contributed by atoms with van der Waals surface area (Å²) in [4.78, 5) is 0. The fraction of sp³-hybridized carbons (Fsp3) is 0.750. The summed E-state index contributed by atoms with van der Waals surface area (Å²) in [5.74, 6) is 3.24. The fourth-order valence-corrected chi connectivity index (χ4v) is 2.30. The summed E-state index contributed by atoms with van der Waals surface area (Å²) in [6.07, 6.45) is 2.27. The second-order valence-electron chi connectivity index (χ2n) is 3.70. The number of rotatable bonds is 3. The minimum atomic E-state index is -1.10. The maximum atomic E-state index is 5.67. The van der Waals surface area contributed by atoms with Crippen molar-refractivity contribution in [1.29, 1.82) is 0 Å². The van der Waals surface area contributed by atoms with Gasteiger partial charge in [-0.15, -0.1) is 16.0 Å². The summed E-state index contributed by atoms with van der Waals surface area (Å²) in [5, 5.41) is 0. The lowest BCUT2D eigenvalue weighted by molar-refractivity contribution is 0.978. The highest BCUT2D eigenvalue weighted by Crippen LogP contribution is 1.99. The Balaban J connectivity index is 3.41. The summed E-state index contributed by atoms with van der Waals surface area (Å²) in [6.45, 7) is 6.82. The molecule has 0 aromatic carbocycles. The maximum absolute atomic E-state index is 5.67. The second kappa shape index (κ2) is 6.36. The smallest absolute Gasteiger partial charge is 0.346 e. The van der Waals surface area contributed by atoms with Crippen molar-refractivity contribution in [2.75, 3.05) is 0 Å². The predicted octanol–water partition coefficient (Wildman–Crippen LogP) is 2.92. The van der Waals surface area contributed by atoms with Gasteiger partial charge in [0.25, 0.3) is 0 Å². The lowest BCUT2D eigenvalue weighted by Crippen LogP contribution is -2.16. The summed E-state index contributed by atoms with van der Waals surface area (Å²) in [6, 6.07) is 0. The molecule has 0 aliphatic carbocycles. The Bertz CT molecular complexity index is 152. The minimum absolute atomic E-state index is 0.232. The highest BCUT2D eigenvalue weighted by Gasteiger charge is 2.06. The van der Waals surface area contributed by atoms with E-state index in [0.717, 1.165) is 6.42 Å². The molecule has 0 amide bonds. The Kier molecular flexibility index (Phi) is 6.84. The van der Waals surface area contributed by atoms with Crippen molar-refractivity contribution in [3.8, 4) is 11.5 Å². The zero-order chi connectivity index (χ0) is 8.74. The van der Waals surface area contributed by atoms with Crippen LogP contribution in [0.1, 0.15) is 12.8 Å². The van der Waals surface area contributed by atoms with E-state index in [-0.39, 0.29) is 19.3 Å². The van der Waals surface area contributed by atoms with E-state index < -0.39 is 8.07 Å². The summed E-state index contributed by atoms with van der Waals surface area (Å²) >= 11 is -0.232. The first-order chi connectivity index (χ1) is 5.06. The van der Waals surface area contributed by atoms with Crippen LogP contribution in [0.2, 0.25) is 24.2 Å². The van der Waals surface area contributed by atoms with Crippen molar-refractivity contribution < 1.29 is 0 Å². The van der Waals surface area contributed by atoms with Crippen LogP contribution in [0.15, 0.2) is 0 Å². The Morgan fingerprint density at radius 2 is 2.00 bits per heavy atom. The third-order valence-electron chi connectivity index (χ3n) is 1.15. The molecule has 3 heteroatoms. The Labute approximate surface area is 84.6 Å². The van der Waals surface area contributed by atoms with Gasteiger partial charge in [-0.05, 0) is 0 Å². The highest BCUT2D eigenvalue weighted by molar-refractivity contribution is 6.93. The number of halogens is 1. The molecule has 0 radical (unpaired) electrons. The molecule has 0 aliphatic heterocycles. The van der Waals surface area contributed by atoms with Crippen molar-refractivity contribution in [1.82, 2.24) is 0 Å². The molecule has 0 fully saturated rings. The standard InChI is InChI=1S/C8H15Si.ClH.Mg/c1-5-6-7-8-9(2,3)4;;/h1,5-6H2,2-4H3;1H;/q;;+1/p-1.